The van der Waals surface area contributed by atoms with Crippen molar-refractivity contribution in [1.82, 2.24) is 10.2 Å². The quantitative estimate of drug-likeness (QED) is 0.497. The van der Waals surface area contributed by atoms with Gasteiger partial charge in [-0.15, -0.1) is 0 Å². The number of likely N-dealkylation sites (tertiary alicyclic amines) is 1. The number of allylic oxidation sites excluding steroid dienone is 4. The number of imide groups is 1. The molecule has 2 aliphatic carbocycles. The Morgan fingerprint density at radius 1 is 1.16 bits per heavy atom. The van der Waals surface area contributed by atoms with E-state index in [0.717, 1.165) is 6.42 Å². The van der Waals surface area contributed by atoms with Crippen LogP contribution < -0.4 is 5.32 Å². The Hall–Kier alpha value is -1.74. The molecule has 1 heterocycles. The van der Waals surface area contributed by atoms with Crippen molar-refractivity contribution in [2.75, 3.05) is 0 Å². The number of carboxylic acids is 1. The molecule has 0 aromatic carbocycles. The first kappa shape index (κ1) is 24.9. The minimum atomic E-state index is -4.69. The summed E-state index contributed by atoms with van der Waals surface area (Å²) in [7, 11) is 0. The second-order valence-corrected chi connectivity index (χ2v) is 9.53. The first-order valence-corrected chi connectivity index (χ1v) is 11.4. The Morgan fingerprint density at radius 2 is 1.81 bits per heavy atom. The lowest BCUT2D eigenvalue weighted by molar-refractivity contribution is -0.173. The van der Waals surface area contributed by atoms with Crippen LogP contribution in [0.1, 0.15) is 51.4 Å². The predicted octanol–water partition coefficient (Wildman–Crippen LogP) is 5.16. The lowest BCUT2D eigenvalue weighted by Crippen LogP contribution is -2.69. The molecule has 1 saturated heterocycles. The summed E-state index contributed by atoms with van der Waals surface area (Å²) in [5, 5.41) is 12.6. The van der Waals surface area contributed by atoms with E-state index >= 15 is 0 Å². The number of nitrogens with one attached hydrogen (secondary N) is 1. The second-order valence-electron chi connectivity index (χ2n) is 8.61. The molecule has 32 heavy (non-hydrogen) atoms. The fourth-order valence-electron chi connectivity index (χ4n) is 4.80. The number of carbonyl (C=O) groups is 3. The van der Waals surface area contributed by atoms with Gasteiger partial charge in [-0.1, -0.05) is 42.5 Å². The molecule has 3 aliphatic rings. The van der Waals surface area contributed by atoms with E-state index < -0.39 is 48.0 Å². The molecule has 3 amide bonds. The highest BCUT2D eigenvalue weighted by Gasteiger charge is 2.56. The maximum atomic E-state index is 13.6. The van der Waals surface area contributed by atoms with Crippen LogP contribution in [0.4, 0.5) is 18.0 Å². The molecular formula is C21H25Cl2F3N2O4. The van der Waals surface area contributed by atoms with Crippen LogP contribution >= 0.6 is 23.2 Å². The number of rotatable bonds is 6. The van der Waals surface area contributed by atoms with E-state index in [9.17, 15) is 32.7 Å². The molecule has 1 aliphatic heterocycles. The smallest absolute Gasteiger partial charge is 0.408 e. The Labute approximate surface area is 193 Å². The largest absolute Gasteiger partial charge is 0.480 e. The van der Waals surface area contributed by atoms with Crippen molar-refractivity contribution >= 4 is 41.1 Å². The van der Waals surface area contributed by atoms with Gasteiger partial charge >= 0.3 is 18.2 Å². The maximum absolute atomic E-state index is 13.6. The van der Waals surface area contributed by atoms with E-state index in [2.05, 4.69) is 0 Å². The summed E-state index contributed by atoms with van der Waals surface area (Å²) in [6.45, 7) is 0. The number of alkyl halides is 3. The third-order valence-electron chi connectivity index (χ3n) is 6.52. The van der Waals surface area contributed by atoms with Gasteiger partial charge in [0.2, 0.25) is 5.91 Å². The Bertz CT molecular complexity index is 824. The number of urea groups is 1. The summed E-state index contributed by atoms with van der Waals surface area (Å²) in [6, 6.07) is -4.94. The van der Waals surface area contributed by atoms with Crippen molar-refractivity contribution in [2.45, 2.75) is 69.6 Å². The molecule has 2 fully saturated rings. The van der Waals surface area contributed by atoms with Gasteiger partial charge in [0.15, 0.2) is 6.04 Å². The third kappa shape index (κ3) is 5.42. The van der Waals surface area contributed by atoms with Crippen LogP contribution in [0.25, 0.3) is 0 Å². The Morgan fingerprint density at radius 3 is 2.41 bits per heavy atom. The van der Waals surface area contributed by atoms with E-state index in [1.165, 1.54) is 0 Å². The summed E-state index contributed by atoms with van der Waals surface area (Å²) >= 11 is 12.2. The van der Waals surface area contributed by atoms with E-state index in [0.29, 0.717) is 53.5 Å². The molecule has 0 aromatic rings. The van der Waals surface area contributed by atoms with Crippen LogP contribution in [-0.2, 0) is 9.59 Å². The number of hydrogen-bond acceptors (Lipinski definition) is 3. The van der Waals surface area contributed by atoms with Crippen LogP contribution in [0.5, 0.6) is 0 Å². The average Bonchev–Trinajstić information content (AvgIpc) is 2.72. The monoisotopic (exact) mass is 496 g/mol. The summed E-state index contributed by atoms with van der Waals surface area (Å²) in [5.41, 5.74) is 0. The van der Waals surface area contributed by atoms with Crippen molar-refractivity contribution in [3.05, 3.63) is 22.2 Å². The molecule has 11 heteroatoms. The zero-order chi connectivity index (χ0) is 23.6. The predicted molar refractivity (Wildman–Crippen MR) is 112 cm³/mol. The third-order valence-corrected chi connectivity index (χ3v) is 7.23. The number of halogens is 5. The molecule has 4 atom stereocenters. The minimum absolute atomic E-state index is 0.129. The zero-order valence-electron chi connectivity index (χ0n) is 17.2. The fraction of sp³-hybridized carbons (Fsp3) is 0.667. The Balaban J connectivity index is 1.66. The lowest BCUT2D eigenvalue weighted by atomic mass is 9.80. The van der Waals surface area contributed by atoms with Crippen LogP contribution in [0.15, 0.2) is 22.2 Å². The topological polar surface area (TPSA) is 86.7 Å². The number of aliphatic carboxylic acids is 1. The molecule has 2 N–H and O–H groups in total. The molecule has 178 valence electrons. The highest BCUT2D eigenvalue weighted by molar-refractivity contribution is 6.32. The average molecular weight is 497 g/mol. The number of carboxylic acid groups (broad SMARTS) is 1. The lowest BCUT2D eigenvalue weighted by Gasteiger charge is -2.44. The molecule has 1 saturated carbocycles. The standard InChI is InChI=1S/C21H25Cl2F3N2O4/c22-13-7-9-15(23)12(10-13)6-8-14-16(19(30)31)28(18(14)29)20(32)27-17(21(24,25)26)11-4-2-1-3-5-11/h7,9,11-12,14,16-17H,1-6,8,10H2,(H,27,32)(H,30,31). The molecule has 3 rings (SSSR count). The van der Waals surface area contributed by atoms with Crippen LogP contribution in [-0.4, -0.2) is 46.2 Å². The molecular weight excluding hydrogens is 472 g/mol. The molecule has 0 bridgehead atoms. The Kier molecular flexibility index (Phi) is 7.81. The van der Waals surface area contributed by atoms with Crippen molar-refractivity contribution < 1.29 is 32.7 Å². The van der Waals surface area contributed by atoms with Gasteiger partial charge in [0.25, 0.3) is 0 Å². The summed E-state index contributed by atoms with van der Waals surface area (Å²) in [6.07, 6.45) is 2.28. The molecule has 6 nitrogen and oxygen atoms in total. The van der Waals surface area contributed by atoms with Crippen molar-refractivity contribution in [2.24, 2.45) is 17.8 Å². The normalized spacial score (nSPS) is 27.8. The number of hydrogen-bond donors (Lipinski definition) is 2. The van der Waals surface area contributed by atoms with Crippen molar-refractivity contribution in [3.63, 3.8) is 0 Å². The number of β-lactam (4-membered cyclic amide) rings is 1. The fourth-order valence-corrected chi connectivity index (χ4v) is 5.30. The van der Waals surface area contributed by atoms with E-state index in [1.807, 2.05) is 5.32 Å². The molecule has 0 spiro atoms. The molecule has 0 radical (unpaired) electrons. The summed E-state index contributed by atoms with van der Waals surface area (Å²) in [4.78, 5) is 37.3. The van der Waals surface area contributed by atoms with E-state index in [-0.39, 0.29) is 12.3 Å². The minimum Gasteiger partial charge on any atom is -0.480 e. The van der Waals surface area contributed by atoms with Gasteiger partial charge in [0.1, 0.15) is 6.04 Å². The van der Waals surface area contributed by atoms with E-state index in [4.69, 9.17) is 23.2 Å². The zero-order valence-corrected chi connectivity index (χ0v) is 18.7. The SMILES string of the molecule is O=C(O)C1C(CCC2CC(Cl)=CC=C2Cl)C(=O)N1C(=O)NC(C1CCCCC1)C(F)(F)F. The van der Waals surface area contributed by atoms with Crippen LogP contribution in [0.2, 0.25) is 0 Å². The van der Waals surface area contributed by atoms with Gasteiger partial charge in [0.05, 0.1) is 5.92 Å². The van der Waals surface area contributed by atoms with Crippen LogP contribution in [0, 0.1) is 17.8 Å². The van der Waals surface area contributed by atoms with Gasteiger partial charge < -0.3 is 10.4 Å². The molecule has 4 unspecified atom stereocenters. The molecule has 0 aromatic heterocycles. The van der Waals surface area contributed by atoms with Gasteiger partial charge in [-0.05, 0) is 56.1 Å². The van der Waals surface area contributed by atoms with Crippen molar-refractivity contribution in [1.29, 1.82) is 0 Å². The van der Waals surface area contributed by atoms with Crippen molar-refractivity contribution in [3.8, 4) is 0 Å². The van der Waals surface area contributed by atoms with Gasteiger partial charge in [-0.3, -0.25) is 4.79 Å². The van der Waals surface area contributed by atoms with Crippen LogP contribution in [0.3, 0.4) is 0 Å². The maximum Gasteiger partial charge on any atom is 0.408 e. The van der Waals surface area contributed by atoms with Gasteiger partial charge in [-0.2, -0.15) is 13.2 Å². The summed E-state index contributed by atoms with van der Waals surface area (Å²) in [5.74, 6) is -4.21. The number of amides is 3. The summed E-state index contributed by atoms with van der Waals surface area (Å²) < 4.78 is 40.8. The van der Waals surface area contributed by atoms with E-state index in [1.54, 1.807) is 12.2 Å². The highest BCUT2D eigenvalue weighted by Crippen LogP contribution is 2.39. The highest BCUT2D eigenvalue weighted by atomic mass is 35.5. The first-order valence-electron chi connectivity index (χ1n) is 10.7. The second kappa shape index (κ2) is 10.0. The number of carbonyl (C=O) groups excluding carboxylic acids is 2. The van der Waals surface area contributed by atoms with Gasteiger partial charge in [-0.25, -0.2) is 14.5 Å². The van der Waals surface area contributed by atoms with Gasteiger partial charge in [0, 0.05) is 10.1 Å². The number of nitrogens with zero attached hydrogens (tertiary/aromatic N) is 1. The first-order chi connectivity index (χ1) is 15.0.